The molecular formula is C19H20F2N4O2. The second-order valence-electron chi connectivity index (χ2n) is 6.38. The molecule has 1 aliphatic rings. The predicted molar refractivity (Wildman–Crippen MR) is 98.8 cm³/mol. The highest BCUT2D eigenvalue weighted by Crippen LogP contribution is 2.15. The molecule has 0 bridgehead atoms. The van der Waals surface area contributed by atoms with E-state index in [1.54, 1.807) is 29.2 Å². The Balaban J connectivity index is 1.57. The maximum absolute atomic E-state index is 13.2. The molecule has 142 valence electrons. The van der Waals surface area contributed by atoms with Gasteiger partial charge < -0.3 is 20.4 Å². The Morgan fingerprint density at radius 3 is 2.07 bits per heavy atom. The highest BCUT2D eigenvalue weighted by Gasteiger charge is 2.20. The fourth-order valence-electron chi connectivity index (χ4n) is 2.76. The molecule has 6 nitrogen and oxygen atoms in total. The van der Waals surface area contributed by atoms with Crippen LogP contribution in [0.15, 0.2) is 42.5 Å². The summed E-state index contributed by atoms with van der Waals surface area (Å²) in [6, 6.07) is 9.02. The second kappa shape index (κ2) is 8.13. The van der Waals surface area contributed by atoms with Crippen LogP contribution in [0.5, 0.6) is 0 Å². The van der Waals surface area contributed by atoms with Crippen molar-refractivity contribution in [1.82, 2.24) is 9.80 Å². The maximum atomic E-state index is 13.2. The largest absolute Gasteiger partial charge is 0.336 e. The van der Waals surface area contributed by atoms with Gasteiger partial charge in [0.1, 0.15) is 0 Å². The molecule has 8 heteroatoms. The number of carbonyl (C=O) groups is 2. The summed E-state index contributed by atoms with van der Waals surface area (Å²) >= 11 is 0. The Bertz CT molecular complexity index is 834. The molecule has 2 N–H and O–H groups in total. The number of urea groups is 1. The molecule has 0 aromatic heterocycles. The van der Waals surface area contributed by atoms with E-state index in [-0.39, 0.29) is 11.6 Å². The quantitative estimate of drug-likeness (QED) is 0.868. The number of rotatable bonds is 3. The van der Waals surface area contributed by atoms with Gasteiger partial charge in [-0.1, -0.05) is 0 Å². The minimum absolute atomic E-state index is 0.0408. The van der Waals surface area contributed by atoms with E-state index in [9.17, 15) is 18.4 Å². The van der Waals surface area contributed by atoms with Crippen LogP contribution in [0.3, 0.4) is 0 Å². The SMILES string of the molecule is CN1CCN(C(=O)c2ccc(NC(=O)Nc3ccc(F)c(F)c3)cc2)CC1. The van der Waals surface area contributed by atoms with Crippen LogP contribution < -0.4 is 10.6 Å². The molecule has 1 saturated heterocycles. The predicted octanol–water partition coefficient (Wildman–Crippen LogP) is 3.00. The second-order valence-corrected chi connectivity index (χ2v) is 6.38. The van der Waals surface area contributed by atoms with Crippen molar-refractivity contribution in [2.45, 2.75) is 0 Å². The zero-order chi connectivity index (χ0) is 19.4. The van der Waals surface area contributed by atoms with Crippen LogP contribution >= 0.6 is 0 Å². The van der Waals surface area contributed by atoms with Gasteiger partial charge in [0, 0.05) is 49.2 Å². The smallest absolute Gasteiger partial charge is 0.323 e. The molecule has 0 aliphatic carbocycles. The van der Waals surface area contributed by atoms with Gasteiger partial charge in [0.25, 0.3) is 5.91 Å². The molecule has 0 spiro atoms. The summed E-state index contributed by atoms with van der Waals surface area (Å²) in [6.07, 6.45) is 0. The van der Waals surface area contributed by atoms with Crippen molar-refractivity contribution >= 4 is 23.3 Å². The third-order valence-corrected chi connectivity index (χ3v) is 4.36. The van der Waals surface area contributed by atoms with E-state index in [4.69, 9.17) is 0 Å². The number of halogens is 2. The molecular weight excluding hydrogens is 354 g/mol. The van der Waals surface area contributed by atoms with Crippen LogP contribution in [0.1, 0.15) is 10.4 Å². The van der Waals surface area contributed by atoms with Gasteiger partial charge in [-0.3, -0.25) is 4.79 Å². The van der Waals surface area contributed by atoms with Crippen molar-refractivity contribution < 1.29 is 18.4 Å². The summed E-state index contributed by atoms with van der Waals surface area (Å²) < 4.78 is 26.1. The van der Waals surface area contributed by atoms with Crippen LogP contribution in [0.25, 0.3) is 0 Å². The lowest BCUT2D eigenvalue weighted by molar-refractivity contribution is 0.0664. The monoisotopic (exact) mass is 374 g/mol. The van der Waals surface area contributed by atoms with Crippen molar-refractivity contribution in [3.05, 3.63) is 59.7 Å². The first-order valence-corrected chi connectivity index (χ1v) is 8.53. The molecule has 3 rings (SSSR count). The first-order valence-electron chi connectivity index (χ1n) is 8.53. The van der Waals surface area contributed by atoms with Crippen molar-refractivity contribution in [2.75, 3.05) is 43.9 Å². The third-order valence-electron chi connectivity index (χ3n) is 4.36. The van der Waals surface area contributed by atoms with Gasteiger partial charge in [0.2, 0.25) is 0 Å². The van der Waals surface area contributed by atoms with Crippen LogP contribution in [0, 0.1) is 11.6 Å². The Morgan fingerprint density at radius 1 is 0.852 bits per heavy atom. The van der Waals surface area contributed by atoms with Crippen LogP contribution in [0.4, 0.5) is 25.0 Å². The fourth-order valence-corrected chi connectivity index (χ4v) is 2.76. The zero-order valence-corrected chi connectivity index (χ0v) is 14.8. The van der Waals surface area contributed by atoms with E-state index in [1.165, 1.54) is 6.07 Å². The maximum Gasteiger partial charge on any atom is 0.323 e. The lowest BCUT2D eigenvalue weighted by Gasteiger charge is -2.32. The molecule has 2 aromatic carbocycles. The van der Waals surface area contributed by atoms with Gasteiger partial charge in [0.15, 0.2) is 11.6 Å². The number of likely N-dealkylation sites (N-methyl/N-ethyl adjacent to an activating group) is 1. The Morgan fingerprint density at radius 2 is 1.44 bits per heavy atom. The van der Waals surface area contributed by atoms with Crippen molar-refractivity contribution in [1.29, 1.82) is 0 Å². The van der Waals surface area contributed by atoms with E-state index < -0.39 is 17.7 Å². The minimum Gasteiger partial charge on any atom is -0.336 e. The lowest BCUT2D eigenvalue weighted by atomic mass is 10.1. The van der Waals surface area contributed by atoms with Gasteiger partial charge in [-0.25, -0.2) is 13.6 Å². The normalized spacial score (nSPS) is 14.7. The van der Waals surface area contributed by atoms with E-state index >= 15 is 0 Å². The number of amides is 3. The average molecular weight is 374 g/mol. The molecule has 27 heavy (non-hydrogen) atoms. The van der Waals surface area contributed by atoms with E-state index in [0.717, 1.165) is 25.2 Å². The summed E-state index contributed by atoms with van der Waals surface area (Å²) in [4.78, 5) is 28.4. The van der Waals surface area contributed by atoms with Crippen LogP contribution in [-0.2, 0) is 0 Å². The number of nitrogens with zero attached hydrogens (tertiary/aromatic N) is 2. The number of benzene rings is 2. The molecule has 0 unspecified atom stereocenters. The third kappa shape index (κ3) is 4.79. The molecule has 1 heterocycles. The summed E-state index contributed by atoms with van der Waals surface area (Å²) in [6.45, 7) is 3.06. The van der Waals surface area contributed by atoms with E-state index in [1.807, 2.05) is 7.05 Å². The molecule has 2 aromatic rings. The summed E-state index contributed by atoms with van der Waals surface area (Å²) in [5.41, 5.74) is 1.16. The van der Waals surface area contributed by atoms with Gasteiger partial charge in [-0.2, -0.15) is 0 Å². The number of carbonyl (C=O) groups excluding carboxylic acids is 2. The van der Waals surface area contributed by atoms with Crippen LogP contribution in [0.2, 0.25) is 0 Å². The Labute approximate surface area is 155 Å². The van der Waals surface area contributed by atoms with Gasteiger partial charge in [-0.15, -0.1) is 0 Å². The highest BCUT2D eigenvalue weighted by atomic mass is 19.2. The molecule has 0 atom stereocenters. The van der Waals surface area contributed by atoms with Gasteiger partial charge in [-0.05, 0) is 43.4 Å². The topological polar surface area (TPSA) is 64.7 Å². The molecule has 0 saturated carbocycles. The lowest BCUT2D eigenvalue weighted by Crippen LogP contribution is -2.47. The Hall–Kier alpha value is -3.00. The number of piperazine rings is 1. The highest BCUT2D eigenvalue weighted by molar-refractivity contribution is 6.00. The van der Waals surface area contributed by atoms with E-state index in [2.05, 4.69) is 15.5 Å². The zero-order valence-electron chi connectivity index (χ0n) is 14.8. The molecule has 0 radical (unpaired) electrons. The molecule has 3 amide bonds. The summed E-state index contributed by atoms with van der Waals surface area (Å²) in [5, 5.41) is 4.99. The number of nitrogens with one attached hydrogen (secondary N) is 2. The van der Waals surface area contributed by atoms with Crippen molar-refractivity contribution in [3.8, 4) is 0 Å². The first-order chi connectivity index (χ1) is 12.9. The number of anilines is 2. The molecule has 1 fully saturated rings. The number of hydrogen-bond acceptors (Lipinski definition) is 3. The van der Waals surface area contributed by atoms with Crippen LogP contribution in [-0.4, -0.2) is 55.0 Å². The minimum atomic E-state index is -1.04. The summed E-state index contributed by atoms with van der Waals surface area (Å²) in [7, 11) is 2.02. The first kappa shape index (κ1) is 18.8. The van der Waals surface area contributed by atoms with E-state index in [0.29, 0.717) is 24.3 Å². The number of hydrogen-bond donors (Lipinski definition) is 2. The van der Waals surface area contributed by atoms with Gasteiger partial charge >= 0.3 is 6.03 Å². The van der Waals surface area contributed by atoms with Gasteiger partial charge in [0.05, 0.1) is 0 Å². The molecule has 1 aliphatic heterocycles. The van der Waals surface area contributed by atoms with Crippen molar-refractivity contribution in [3.63, 3.8) is 0 Å². The average Bonchev–Trinajstić information content (AvgIpc) is 2.65. The van der Waals surface area contributed by atoms with Crippen molar-refractivity contribution in [2.24, 2.45) is 0 Å². The fraction of sp³-hybridized carbons (Fsp3) is 0.263. The Kier molecular flexibility index (Phi) is 5.66. The summed E-state index contributed by atoms with van der Waals surface area (Å²) in [5.74, 6) is -2.07. The standard InChI is InChI=1S/C19H20F2N4O2/c1-24-8-10-25(11-9-24)18(26)13-2-4-14(5-3-13)22-19(27)23-15-6-7-16(20)17(21)12-15/h2-7,12H,8-11H2,1H3,(H2,22,23,27).